The summed E-state index contributed by atoms with van der Waals surface area (Å²) in [6, 6.07) is 9.07. The lowest BCUT2D eigenvalue weighted by Gasteiger charge is -2.39. The van der Waals surface area contributed by atoms with E-state index in [0.29, 0.717) is 17.2 Å². The number of hydrogen-bond donors (Lipinski definition) is 1. The Labute approximate surface area is 163 Å². The lowest BCUT2D eigenvalue weighted by atomic mass is 9.93. The molecule has 2 aliphatic rings. The molecule has 1 N–H and O–H groups in total. The lowest BCUT2D eigenvalue weighted by Crippen LogP contribution is -2.49. The monoisotopic (exact) mass is 368 g/mol. The Balaban J connectivity index is 1.52. The van der Waals surface area contributed by atoms with Crippen LogP contribution < -0.4 is 5.32 Å². The summed E-state index contributed by atoms with van der Waals surface area (Å²) >= 11 is 0. The van der Waals surface area contributed by atoms with Crippen LogP contribution in [-0.4, -0.2) is 54.5 Å². The van der Waals surface area contributed by atoms with Crippen molar-refractivity contribution in [2.24, 2.45) is 11.8 Å². The van der Waals surface area contributed by atoms with Gasteiger partial charge in [0.15, 0.2) is 0 Å². The van der Waals surface area contributed by atoms with Crippen LogP contribution in [0.15, 0.2) is 24.3 Å². The number of nitriles is 1. The Morgan fingerprint density at radius 2 is 2.07 bits per heavy atom. The Hall–Kier alpha value is -1.90. The molecule has 0 radical (unpaired) electrons. The van der Waals surface area contributed by atoms with Gasteiger partial charge in [-0.15, -0.1) is 0 Å². The van der Waals surface area contributed by atoms with Crippen LogP contribution in [0.4, 0.5) is 5.69 Å². The summed E-state index contributed by atoms with van der Waals surface area (Å²) in [5.74, 6) is 1.54. The maximum absolute atomic E-state index is 12.7. The zero-order chi connectivity index (χ0) is 19.2. The van der Waals surface area contributed by atoms with E-state index in [2.05, 4.69) is 28.1 Å². The normalized spacial score (nSPS) is 23.5. The number of amides is 1. The molecular formula is C22H32N4O. The minimum Gasteiger partial charge on any atom is -0.325 e. The van der Waals surface area contributed by atoms with Crippen molar-refractivity contribution >= 4 is 11.6 Å². The van der Waals surface area contributed by atoms with Crippen molar-refractivity contribution in [1.82, 2.24) is 9.80 Å². The fraction of sp³-hybridized carbons (Fsp3) is 0.636. The highest BCUT2D eigenvalue weighted by Gasteiger charge is 2.29. The lowest BCUT2D eigenvalue weighted by molar-refractivity contribution is -0.121. The van der Waals surface area contributed by atoms with Crippen LogP contribution in [0.1, 0.15) is 45.1 Å². The highest BCUT2D eigenvalue weighted by Crippen LogP contribution is 2.23. The highest BCUT2D eigenvalue weighted by atomic mass is 16.2. The average molecular weight is 369 g/mol. The third kappa shape index (κ3) is 5.54. The first-order valence-corrected chi connectivity index (χ1v) is 10.3. The van der Waals surface area contributed by atoms with Gasteiger partial charge >= 0.3 is 0 Å². The molecule has 27 heavy (non-hydrogen) atoms. The largest absolute Gasteiger partial charge is 0.325 e. The molecule has 0 saturated carbocycles. The van der Waals surface area contributed by atoms with Gasteiger partial charge in [-0.3, -0.25) is 9.69 Å². The maximum atomic E-state index is 12.7. The summed E-state index contributed by atoms with van der Waals surface area (Å²) in [4.78, 5) is 17.6. The van der Waals surface area contributed by atoms with Crippen LogP contribution in [-0.2, 0) is 4.79 Å². The molecule has 2 fully saturated rings. The van der Waals surface area contributed by atoms with Crippen molar-refractivity contribution in [2.45, 2.75) is 45.6 Å². The second-order valence-electron chi connectivity index (χ2n) is 8.34. The first kappa shape index (κ1) is 19.9. The van der Waals surface area contributed by atoms with Crippen molar-refractivity contribution in [3.8, 4) is 6.07 Å². The number of anilines is 1. The molecule has 0 aromatic heterocycles. The predicted octanol–water partition coefficient (Wildman–Crippen LogP) is 3.33. The van der Waals surface area contributed by atoms with Gasteiger partial charge in [0, 0.05) is 18.8 Å². The summed E-state index contributed by atoms with van der Waals surface area (Å²) in [7, 11) is 0. The topological polar surface area (TPSA) is 59.4 Å². The van der Waals surface area contributed by atoms with Crippen LogP contribution in [0.25, 0.3) is 0 Å². The number of piperidine rings is 2. The van der Waals surface area contributed by atoms with Gasteiger partial charge in [0.25, 0.3) is 0 Å². The molecule has 2 unspecified atom stereocenters. The molecule has 1 aromatic carbocycles. The number of hydrogen-bond acceptors (Lipinski definition) is 4. The molecule has 2 atom stereocenters. The van der Waals surface area contributed by atoms with Gasteiger partial charge in [0.05, 0.1) is 17.7 Å². The second-order valence-corrected chi connectivity index (χ2v) is 8.34. The number of carbonyl (C=O) groups excluding carboxylic acids is 1. The molecule has 1 aromatic rings. The third-order valence-corrected chi connectivity index (χ3v) is 6.13. The van der Waals surface area contributed by atoms with E-state index in [1.807, 2.05) is 13.0 Å². The summed E-state index contributed by atoms with van der Waals surface area (Å²) in [6.07, 6.45) is 5.06. The molecule has 5 nitrogen and oxygen atoms in total. The van der Waals surface area contributed by atoms with Gasteiger partial charge < -0.3 is 10.2 Å². The standard InChI is InChI=1S/C22H32N4O/c1-17-8-11-25(12-9-17)15-20-6-4-10-26(16-20)18(2)22(27)24-21-7-3-5-19(13-21)14-23/h3,5,7,13,17-18,20H,4,6,8-12,15-16H2,1-2H3,(H,24,27). The summed E-state index contributed by atoms with van der Waals surface area (Å²) in [6.45, 7) is 9.95. The number of rotatable bonds is 5. The molecule has 3 rings (SSSR count). The molecule has 1 amide bonds. The van der Waals surface area contributed by atoms with Crippen molar-refractivity contribution in [1.29, 1.82) is 5.26 Å². The number of nitrogens with zero attached hydrogens (tertiary/aromatic N) is 3. The molecule has 5 heteroatoms. The van der Waals surface area contributed by atoms with Gasteiger partial charge in [0.2, 0.25) is 5.91 Å². The Kier molecular flexibility index (Phi) is 6.87. The molecule has 2 aliphatic heterocycles. The predicted molar refractivity (Wildman–Crippen MR) is 108 cm³/mol. The smallest absolute Gasteiger partial charge is 0.241 e. The van der Waals surface area contributed by atoms with Gasteiger partial charge in [0.1, 0.15) is 0 Å². The van der Waals surface area contributed by atoms with Crippen molar-refractivity contribution in [3.63, 3.8) is 0 Å². The Morgan fingerprint density at radius 1 is 1.30 bits per heavy atom. The second kappa shape index (κ2) is 9.34. The van der Waals surface area contributed by atoms with E-state index in [9.17, 15) is 4.79 Å². The van der Waals surface area contributed by atoms with Gasteiger partial charge in [-0.2, -0.15) is 5.26 Å². The zero-order valence-corrected chi connectivity index (χ0v) is 16.7. The van der Waals surface area contributed by atoms with Crippen LogP contribution in [0.5, 0.6) is 0 Å². The van der Waals surface area contributed by atoms with Gasteiger partial charge in [-0.05, 0) is 82.3 Å². The van der Waals surface area contributed by atoms with Crippen molar-refractivity contribution in [2.75, 3.05) is 38.0 Å². The average Bonchev–Trinajstić information content (AvgIpc) is 2.69. The number of carbonyl (C=O) groups is 1. The van der Waals surface area contributed by atoms with Gasteiger partial charge in [-0.1, -0.05) is 13.0 Å². The van der Waals surface area contributed by atoms with Crippen molar-refractivity contribution in [3.05, 3.63) is 29.8 Å². The molecule has 0 spiro atoms. The van der Waals surface area contributed by atoms with Crippen LogP contribution in [0.3, 0.4) is 0 Å². The maximum Gasteiger partial charge on any atom is 0.241 e. The van der Waals surface area contributed by atoms with Crippen LogP contribution >= 0.6 is 0 Å². The van der Waals surface area contributed by atoms with E-state index < -0.39 is 0 Å². The van der Waals surface area contributed by atoms with Crippen molar-refractivity contribution < 1.29 is 4.79 Å². The van der Waals surface area contributed by atoms with E-state index in [1.54, 1.807) is 18.2 Å². The third-order valence-electron chi connectivity index (χ3n) is 6.13. The first-order chi connectivity index (χ1) is 13.0. The van der Waals surface area contributed by atoms with E-state index >= 15 is 0 Å². The number of nitrogens with one attached hydrogen (secondary N) is 1. The Bertz CT molecular complexity index is 675. The summed E-state index contributed by atoms with van der Waals surface area (Å²) in [5.41, 5.74) is 1.26. The minimum absolute atomic E-state index is 0.0116. The summed E-state index contributed by atoms with van der Waals surface area (Å²) < 4.78 is 0. The van der Waals surface area contributed by atoms with Gasteiger partial charge in [-0.25, -0.2) is 0 Å². The van der Waals surface area contributed by atoms with Crippen LogP contribution in [0.2, 0.25) is 0 Å². The van der Waals surface area contributed by atoms with E-state index in [1.165, 1.54) is 38.9 Å². The van der Waals surface area contributed by atoms with E-state index in [0.717, 1.165) is 25.4 Å². The SMILES string of the molecule is CC1CCN(CC2CCCN(C(C)C(=O)Nc3cccc(C#N)c3)C2)CC1. The summed E-state index contributed by atoms with van der Waals surface area (Å²) in [5, 5.41) is 12.0. The molecule has 2 heterocycles. The molecule has 0 aliphatic carbocycles. The molecule has 2 saturated heterocycles. The first-order valence-electron chi connectivity index (χ1n) is 10.3. The number of likely N-dealkylation sites (tertiary alicyclic amines) is 2. The highest BCUT2D eigenvalue weighted by molar-refractivity contribution is 5.94. The minimum atomic E-state index is -0.153. The van der Waals surface area contributed by atoms with E-state index in [-0.39, 0.29) is 11.9 Å². The quantitative estimate of drug-likeness (QED) is 0.866. The fourth-order valence-electron chi connectivity index (χ4n) is 4.29. The number of benzene rings is 1. The molecular weight excluding hydrogens is 336 g/mol. The molecule has 0 bridgehead atoms. The molecule has 146 valence electrons. The fourth-order valence-corrected chi connectivity index (χ4v) is 4.29. The Morgan fingerprint density at radius 3 is 2.81 bits per heavy atom. The van der Waals surface area contributed by atoms with E-state index in [4.69, 9.17) is 5.26 Å². The van der Waals surface area contributed by atoms with Crippen LogP contribution in [0, 0.1) is 23.2 Å². The zero-order valence-electron chi connectivity index (χ0n) is 16.7.